The van der Waals surface area contributed by atoms with E-state index in [4.69, 9.17) is 10.5 Å². The Hall–Kier alpha value is -1.87. The van der Waals surface area contributed by atoms with Crippen molar-refractivity contribution in [2.24, 2.45) is 5.73 Å². The molecule has 0 aliphatic rings. The van der Waals surface area contributed by atoms with Gasteiger partial charge in [-0.3, -0.25) is 0 Å². The largest absolute Gasteiger partial charge is 0.489 e. The highest BCUT2D eigenvalue weighted by atomic mass is 19.1. The van der Waals surface area contributed by atoms with Gasteiger partial charge in [0.2, 0.25) is 0 Å². The minimum atomic E-state index is -0.296. The molecular formula is C16H18FNO. The first-order chi connectivity index (χ1) is 9.06. The van der Waals surface area contributed by atoms with Crippen molar-refractivity contribution >= 4 is 0 Å². The van der Waals surface area contributed by atoms with Gasteiger partial charge in [0.25, 0.3) is 0 Å². The van der Waals surface area contributed by atoms with E-state index < -0.39 is 0 Å². The number of nitrogens with two attached hydrogens (primary N) is 1. The summed E-state index contributed by atoms with van der Waals surface area (Å²) in [5, 5.41) is 0. The summed E-state index contributed by atoms with van der Waals surface area (Å²) >= 11 is 0. The summed E-state index contributed by atoms with van der Waals surface area (Å²) in [7, 11) is 0. The Morgan fingerprint density at radius 2 is 2.00 bits per heavy atom. The van der Waals surface area contributed by atoms with E-state index in [0.29, 0.717) is 17.9 Å². The van der Waals surface area contributed by atoms with Crippen molar-refractivity contribution in [2.45, 2.75) is 26.5 Å². The summed E-state index contributed by atoms with van der Waals surface area (Å²) in [6.45, 7) is 4.30. The smallest absolute Gasteiger partial charge is 0.124 e. The molecule has 2 nitrogen and oxygen atoms in total. The molecule has 1 unspecified atom stereocenters. The van der Waals surface area contributed by atoms with Crippen LogP contribution < -0.4 is 10.5 Å². The predicted molar refractivity (Wildman–Crippen MR) is 74.5 cm³/mol. The average Bonchev–Trinajstić information content (AvgIpc) is 2.37. The van der Waals surface area contributed by atoms with Crippen molar-refractivity contribution in [2.75, 3.05) is 0 Å². The van der Waals surface area contributed by atoms with E-state index >= 15 is 0 Å². The number of aryl methyl sites for hydroxylation is 1. The van der Waals surface area contributed by atoms with Crippen LogP contribution in [-0.2, 0) is 6.61 Å². The van der Waals surface area contributed by atoms with Crippen LogP contribution in [0.4, 0.5) is 4.39 Å². The zero-order chi connectivity index (χ0) is 13.8. The maximum absolute atomic E-state index is 13.2. The monoisotopic (exact) mass is 259 g/mol. The van der Waals surface area contributed by atoms with Crippen LogP contribution in [0.1, 0.15) is 29.7 Å². The van der Waals surface area contributed by atoms with Gasteiger partial charge in [0.15, 0.2) is 0 Å². The third kappa shape index (κ3) is 3.55. The van der Waals surface area contributed by atoms with Crippen molar-refractivity contribution in [3.8, 4) is 5.75 Å². The van der Waals surface area contributed by atoms with Gasteiger partial charge < -0.3 is 10.5 Å². The molecule has 0 radical (unpaired) electrons. The number of halogens is 1. The van der Waals surface area contributed by atoms with Gasteiger partial charge in [-0.05, 0) is 37.6 Å². The van der Waals surface area contributed by atoms with Crippen LogP contribution in [-0.4, -0.2) is 0 Å². The first-order valence-electron chi connectivity index (χ1n) is 6.29. The van der Waals surface area contributed by atoms with Gasteiger partial charge in [-0.25, -0.2) is 4.39 Å². The average molecular weight is 259 g/mol. The Bertz CT molecular complexity index is 566. The Balaban J connectivity index is 2.15. The number of benzene rings is 2. The minimum absolute atomic E-state index is 0.261. The maximum atomic E-state index is 13.2. The van der Waals surface area contributed by atoms with Gasteiger partial charge in [0.1, 0.15) is 18.2 Å². The second-order valence-electron chi connectivity index (χ2n) is 4.75. The first-order valence-corrected chi connectivity index (χ1v) is 6.29. The summed E-state index contributed by atoms with van der Waals surface area (Å²) in [6, 6.07) is 12.3. The molecule has 0 spiro atoms. The molecule has 0 saturated carbocycles. The van der Waals surface area contributed by atoms with Crippen LogP contribution in [0.15, 0.2) is 42.5 Å². The van der Waals surface area contributed by atoms with Crippen LogP contribution in [0.2, 0.25) is 0 Å². The van der Waals surface area contributed by atoms with E-state index in [1.54, 1.807) is 6.07 Å². The molecule has 1 atom stereocenters. The normalized spacial score (nSPS) is 12.2. The van der Waals surface area contributed by atoms with Gasteiger partial charge in [0, 0.05) is 11.6 Å². The quantitative estimate of drug-likeness (QED) is 0.908. The third-order valence-electron chi connectivity index (χ3n) is 2.94. The molecule has 3 heteroatoms. The standard InChI is InChI=1S/C16H18FNO/c1-11-4-3-5-13(8-11)10-19-16-7-6-14(17)9-15(16)12(2)18/h3-9,12H,10,18H2,1-2H3. The van der Waals surface area contributed by atoms with Gasteiger partial charge in [0.05, 0.1) is 0 Å². The summed E-state index contributed by atoms with van der Waals surface area (Å²) in [5.41, 5.74) is 8.79. The van der Waals surface area contributed by atoms with Crippen LogP contribution in [0.5, 0.6) is 5.75 Å². The van der Waals surface area contributed by atoms with E-state index in [-0.39, 0.29) is 11.9 Å². The Kier molecular flexibility index (Phi) is 4.17. The highest BCUT2D eigenvalue weighted by molar-refractivity contribution is 5.36. The van der Waals surface area contributed by atoms with Crippen molar-refractivity contribution in [3.05, 3.63) is 65.0 Å². The molecule has 2 N–H and O–H groups in total. The predicted octanol–water partition coefficient (Wildman–Crippen LogP) is 3.73. The van der Waals surface area contributed by atoms with E-state index in [2.05, 4.69) is 6.07 Å². The van der Waals surface area contributed by atoms with Gasteiger partial charge in [-0.15, -0.1) is 0 Å². The molecule has 0 heterocycles. The van der Waals surface area contributed by atoms with Gasteiger partial charge in [-0.1, -0.05) is 29.8 Å². The molecule has 2 rings (SSSR count). The van der Waals surface area contributed by atoms with E-state index in [1.807, 2.05) is 32.0 Å². The van der Waals surface area contributed by atoms with E-state index in [0.717, 1.165) is 5.56 Å². The molecule has 2 aromatic rings. The molecule has 0 saturated heterocycles. The SMILES string of the molecule is Cc1cccc(COc2ccc(F)cc2C(C)N)c1. The van der Waals surface area contributed by atoms with Gasteiger partial charge in [-0.2, -0.15) is 0 Å². The first kappa shape index (κ1) is 13.6. The molecule has 0 aliphatic heterocycles. The van der Waals surface area contributed by atoms with Crippen LogP contribution in [0, 0.1) is 12.7 Å². The topological polar surface area (TPSA) is 35.2 Å². The van der Waals surface area contributed by atoms with Crippen molar-refractivity contribution in [1.82, 2.24) is 0 Å². The molecule has 0 aliphatic carbocycles. The highest BCUT2D eigenvalue weighted by Crippen LogP contribution is 2.25. The number of hydrogen-bond acceptors (Lipinski definition) is 2. The lowest BCUT2D eigenvalue weighted by atomic mass is 10.1. The van der Waals surface area contributed by atoms with Crippen LogP contribution in [0.25, 0.3) is 0 Å². The molecule has 100 valence electrons. The van der Waals surface area contributed by atoms with Crippen LogP contribution >= 0.6 is 0 Å². The lowest BCUT2D eigenvalue weighted by Gasteiger charge is -2.14. The Labute approximate surface area is 113 Å². The second-order valence-corrected chi connectivity index (χ2v) is 4.75. The summed E-state index contributed by atoms with van der Waals surface area (Å²) < 4.78 is 19.0. The Morgan fingerprint density at radius 1 is 1.21 bits per heavy atom. The third-order valence-corrected chi connectivity index (χ3v) is 2.94. The molecule has 0 amide bonds. The van der Waals surface area contributed by atoms with Crippen molar-refractivity contribution < 1.29 is 9.13 Å². The van der Waals surface area contributed by atoms with Crippen molar-refractivity contribution in [1.29, 1.82) is 0 Å². The molecular weight excluding hydrogens is 241 g/mol. The van der Waals surface area contributed by atoms with E-state index in [1.165, 1.54) is 17.7 Å². The second kappa shape index (κ2) is 5.85. The Morgan fingerprint density at radius 3 is 2.68 bits per heavy atom. The molecule has 0 aromatic heterocycles. The van der Waals surface area contributed by atoms with Crippen LogP contribution in [0.3, 0.4) is 0 Å². The summed E-state index contributed by atoms with van der Waals surface area (Å²) in [5.74, 6) is 0.341. The number of rotatable bonds is 4. The maximum Gasteiger partial charge on any atom is 0.124 e. The fraction of sp³-hybridized carbons (Fsp3) is 0.250. The zero-order valence-corrected chi connectivity index (χ0v) is 11.2. The molecule has 2 aromatic carbocycles. The number of ether oxygens (including phenoxy) is 1. The minimum Gasteiger partial charge on any atom is -0.489 e. The van der Waals surface area contributed by atoms with E-state index in [9.17, 15) is 4.39 Å². The zero-order valence-electron chi connectivity index (χ0n) is 11.2. The summed E-state index contributed by atoms with van der Waals surface area (Å²) in [6.07, 6.45) is 0. The molecule has 0 fully saturated rings. The fourth-order valence-electron chi connectivity index (χ4n) is 1.97. The van der Waals surface area contributed by atoms with Gasteiger partial charge >= 0.3 is 0 Å². The fourth-order valence-corrected chi connectivity index (χ4v) is 1.97. The lowest BCUT2D eigenvalue weighted by molar-refractivity contribution is 0.301. The number of hydrogen-bond donors (Lipinski definition) is 1. The van der Waals surface area contributed by atoms with Crippen molar-refractivity contribution in [3.63, 3.8) is 0 Å². The lowest BCUT2D eigenvalue weighted by Crippen LogP contribution is -2.08. The summed E-state index contributed by atoms with van der Waals surface area (Å²) in [4.78, 5) is 0. The molecule has 19 heavy (non-hydrogen) atoms. The highest BCUT2D eigenvalue weighted by Gasteiger charge is 2.09. The molecule has 0 bridgehead atoms.